The first kappa shape index (κ1) is 23.7. The van der Waals surface area contributed by atoms with Crippen molar-refractivity contribution < 1.29 is 0 Å². The maximum atomic E-state index is 3.74. The van der Waals surface area contributed by atoms with E-state index >= 15 is 0 Å². The highest BCUT2D eigenvalue weighted by atomic mass is 79.9. The van der Waals surface area contributed by atoms with Crippen molar-refractivity contribution in [3.63, 3.8) is 0 Å². The summed E-state index contributed by atoms with van der Waals surface area (Å²) < 4.78 is 0. The van der Waals surface area contributed by atoms with E-state index in [2.05, 4.69) is 132 Å². The van der Waals surface area contributed by atoms with Crippen molar-refractivity contribution in [2.24, 2.45) is 0 Å². The van der Waals surface area contributed by atoms with Gasteiger partial charge in [-0.1, -0.05) is 130 Å². The summed E-state index contributed by atoms with van der Waals surface area (Å²) in [6, 6.07) is 23.3. The number of benzene rings is 3. The largest absolute Gasteiger partial charge is 0.0876 e. The van der Waals surface area contributed by atoms with Gasteiger partial charge in [0.1, 0.15) is 0 Å². The lowest BCUT2D eigenvalue weighted by Gasteiger charge is -2.19. The van der Waals surface area contributed by atoms with Crippen LogP contribution in [-0.4, -0.2) is 16.1 Å². The van der Waals surface area contributed by atoms with E-state index < -0.39 is 16.1 Å². The summed E-state index contributed by atoms with van der Waals surface area (Å²) in [6.07, 6.45) is 0. The molecule has 0 fully saturated rings. The van der Waals surface area contributed by atoms with E-state index in [1.807, 2.05) is 0 Å². The second kappa shape index (κ2) is 9.27. The molecule has 0 amide bonds. The van der Waals surface area contributed by atoms with E-state index in [1.54, 1.807) is 0 Å². The number of halogens is 2. The van der Waals surface area contributed by atoms with E-state index in [0.717, 1.165) is 10.7 Å². The Kier molecular flexibility index (Phi) is 7.33. The third-order valence-electron chi connectivity index (χ3n) is 5.74. The molecular weight excluding hydrogens is 528 g/mol. The Hall–Kier alpha value is -0.946. The Balaban J connectivity index is 2.07. The van der Waals surface area contributed by atoms with Crippen LogP contribution >= 0.6 is 31.9 Å². The summed E-state index contributed by atoms with van der Waals surface area (Å²) in [5, 5.41) is 4.71. The Labute approximate surface area is 201 Å². The van der Waals surface area contributed by atoms with Crippen LogP contribution < -0.4 is 10.4 Å². The molecule has 158 valence electrons. The van der Waals surface area contributed by atoms with Gasteiger partial charge in [0.05, 0.1) is 16.1 Å². The molecule has 0 aliphatic rings. The van der Waals surface area contributed by atoms with Crippen LogP contribution in [0.15, 0.2) is 60.7 Å². The third kappa shape index (κ3) is 5.27. The van der Waals surface area contributed by atoms with E-state index in [-0.39, 0.29) is 0 Å². The molecule has 4 heteroatoms. The Bertz CT molecular complexity index is 924. The predicted octanol–water partition coefficient (Wildman–Crippen LogP) is 7.90. The molecule has 0 radical (unpaired) electrons. The van der Waals surface area contributed by atoms with Crippen LogP contribution in [0.1, 0.15) is 11.1 Å². The monoisotopic (exact) mass is 558 g/mol. The first-order valence-electron chi connectivity index (χ1n) is 10.5. The molecule has 0 nitrogen and oxygen atoms in total. The van der Waals surface area contributed by atoms with Crippen LogP contribution in [0.4, 0.5) is 0 Å². The zero-order chi connectivity index (χ0) is 22.1. The van der Waals surface area contributed by atoms with Crippen molar-refractivity contribution >= 4 is 58.4 Å². The minimum atomic E-state index is -1.28. The van der Waals surface area contributed by atoms with Gasteiger partial charge in [0.25, 0.3) is 0 Å². The maximum absolute atomic E-state index is 3.74. The van der Waals surface area contributed by atoms with Crippen molar-refractivity contribution in [3.8, 4) is 22.3 Å². The molecule has 0 aliphatic carbocycles. The topological polar surface area (TPSA) is 0 Å². The molecule has 0 bridgehead atoms. The van der Waals surface area contributed by atoms with Crippen molar-refractivity contribution in [2.45, 2.75) is 49.9 Å². The average Bonchev–Trinajstić information content (AvgIpc) is 2.71. The number of hydrogen-bond donors (Lipinski definition) is 0. The number of rotatable bonds is 6. The highest BCUT2D eigenvalue weighted by Crippen LogP contribution is 2.34. The first-order valence-corrected chi connectivity index (χ1v) is 19.8. The molecule has 0 aliphatic heterocycles. The summed E-state index contributed by atoms with van der Waals surface area (Å²) in [5.41, 5.74) is 7.93. The molecule has 30 heavy (non-hydrogen) atoms. The molecule has 0 heterocycles. The zero-order valence-corrected chi connectivity index (χ0v) is 24.1. The highest BCUT2D eigenvalue weighted by Gasteiger charge is 2.18. The standard InChI is InChI=1S/C26H32Br2Si2/c1-29(2,3)23-11-7-19(8-12-23)25-15-22(18-28)26(16-21(25)17-27)20-9-13-24(14-10-20)30(4,5)6/h7-16H,17-18H2,1-6H3. The van der Waals surface area contributed by atoms with Crippen LogP contribution in [0.25, 0.3) is 22.3 Å². The lowest BCUT2D eigenvalue weighted by Crippen LogP contribution is -2.37. The smallest absolute Gasteiger partial charge is 0.0775 e. The highest BCUT2D eigenvalue weighted by molar-refractivity contribution is 9.08. The molecule has 0 saturated carbocycles. The molecule has 0 saturated heterocycles. The quantitative estimate of drug-likeness (QED) is 0.212. The lowest BCUT2D eigenvalue weighted by molar-refractivity contribution is 1.36. The fourth-order valence-electron chi connectivity index (χ4n) is 3.75. The van der Waals surface area contributed by atoms with Gasteiger partial charge in [-0.15, -0.1) is 0 Å². The van der Waals surface area contributed by atoms with Gasteiger partial charge in [-0.25, -0.2) is 0 Å². The normalized spacial score (nSPS) is 12.3. The molecule has 3 rings (SSSR count). The Morgan fingerprint density at radius 2 is 0.833 bits per heavy atom. The molecule has 0 unspecified atom stereocenters. The van der Waals surface area contributed by atoms with Crippen molar-refractivity contribution in [1.82, 2.24) is 0 Å². The summed E-state index contributed by atoms with van der Waals surface area (Å²) in [5.74, 6) is 0. The van der Waals surface area contributed by atoms with Gasteiger partial charge < -0.3 is 0 Å². The Morgan fingerprint density at radius 3 is 1.07 bits per heavy atom. The van der Waals surface area contributed by atoms with Crippen molar-refractivity contribution in [2.75, 3.05) is 0 Å². The molecule has 3 aromatic carbocycles. The summed E-state index contributed by atoms with van der Waals surface area (Å²) >= 11 is 7.49. The van der Waals surface area contributed by atoms with Gasteiger partial charge in [-0.3, -0.25) is 0 Å². The fourth-order valence-corrected chi connectivity index (χ4v) is 7.01. The van der Waals surface area contributed by atoms with Crippen LogP contribution in [0, 0.1) is 0 Å². The minimum absolute atomic E-state index is 0.848. The van der Waals surface area contributed by atoms with Gasteiger partial charge in [0.15, 0.2) is 0 Å². The summed E-state index contributed by atoms with van der Waals surface area (Å²) in [4.78, 5) is 0. The average molecular weight is 561 g/mol. The van der Waals surface area contributed by atoms with Gasteiger partial charge in [0, 0.05) is 10.7 Å². The molecule has 0 spiro atoms. The molecule has 0 N–H and O–H groups in total. The first-order chi connectivity index (χ1) is 14.0. The fraction of sp³-hybridized carbons (Fsp3) is 0.308. The molecule has 0 aromatic heterocycles. The third-order valence-corrected chi connectivity index (χ3v) is 11.1. The molecule has 0 atom stereocenters. The van der Waals surface area contributed by atoms with Gasteiger partial charge >= 0.3 is 0 Å². The molecule has 3 aromatic rings. The van der Waals surface area contributed by atoms with E-state index in [0.29, 0.717) is 0 Å². The van der Waals surface area contributed by atoms with Crippen molar-refractivity contribution in [1.29, 1.82) is 0 Å². The predicted molar refractivity (Wildman–Crippen MR) is 149 cm³/mol. The van der Waals surface area contributed by atoms with Crippen LogP contribution in [-0.2, 0) is 10.7 Å². The van der Waals surface area contributed by atoms with Gasteiger partial charge in [-0.2, -0.15) is 0 Å². The van der Waals surface area contributed by atoms with E-state index in [9.17, 15) is 0 Å². The van der Waals surface area contributed by atoms with Gasteiger partial charge in [0.2, 0.25) is 0 Å². The zero-order valence-electron chi connectivity index (χ0n) is 18.9. The van der Waals surface area contributed by atoms with Crippen LogP contribution in [0.3, 0.4) is 0 Å². The summed E-state index contributed by atoms with van der Waals surface area (Å²) in [6.45, 7) is 14.4. The lowest BCUT2D eigenvalue weighted by atomic mass is 9.92. The van der Waals surface area contributed by atoms with Crippen LogP contribution in [0.2, 0.25) is 39.3 Å². The second-order valence-corrected chi connectivity index (χ2v) is 21.4. The summed E-state index contributed by atoms with van der Waals surface area (Å²) in [7, 11) is -2.56. The maximum Gasteiger partial charge on any atom is 0.0775 e. The van der Waals surface area contributed by atoms with Crippen LogP contribution in [0.5, 0.6) is 0 Å². The second-order valence-electron chi connectivity index (χ2n) is 10.1. The molecular formula is C26H32Br2Si2. The minimum Gasteiger partial charge on any atom is -0.0876 e. The van der Waals surface area contributed by atoms with E-state index in [4.69, 9.17) is 0 Å². The Morgan fingerprint density at radius 1 is 0.533 bits per heavy atom. The SMILES string of the molecule is C[Si](C)(C)c1ccc(-c2cc(CBr)c(-c3ccc([Si](C)(C)C)cc3)cc2CBr)cc1. The van der Waals surface area contributed by atoms with Crippen molar-refractivity contribution in [3.05, 3.63) is 71.8 Å². The number of alkyl halides is 2. The van der Waals surface area contributed by atoms with E-state index in [1.165, 1.54) is 43.8 Å². The van der Waals surface area contributed by atoms with Gasteiger partial charge in [-0.05, 0) is 45.5 Å². The number of hydrogen-bond acceptors (Lipinski definition) is 0.